The van der Waals surface area contributed by atoms with Gasteiger partial charge in [0.05, 0.1) is 5.69 Å². The highest BCUT2D eigenvalue weighted by atomic mass is 35.5. The molecule has 0 fully saturated rings. The highest BCUT2D eigenvalue weighted by Gasteiger charge is 2.06. The van der Waals surface area contributed by atoms with Gasteiger partial charge in [-0.05, 0) is 79.6 Å². The predicted octanol–water partition coefficient (Wildman–Crippen LogP) is 7.23. The lowest BCUT2D eigenvalue weighted by atomic mass is 10.0. The van der Waals surface area contributed by atoms with E-state index in [1.807, 2.05) is 20.0 Å². The number of pyridine rings is 1. The summed E-state index contributed by atoms with van der Waals surface area (Å²) in [4.78, 5) is 4.47. The van der Waals surface area contributed by atoms with Gasteiger partial charge in [0.1, 0.15) is 5.82 Å². The van der Waals surface area contributed by atoms with Crippen LogP contribution in [0.4, 0.5) is 4.39 Å². The Kier molecular flexibility index (Phi) is 9.90. The van der Waals surface area contributed by atoms with Gasteiger partial charge in [0.25, 0.3) is 0 Å². The van der Waals surface area contributed by atoms with Crippen LogP contribution in [0.15, 0.2) is 48.7 Å². The molecule has 2 aromatic rings. The maximum absolute atomic E-state index is 12.2. The lowest BCUT2D eigenvalue weighted by molar-refractivity contribution is 0.627. The topological polar surface area (TPSA) is 12.9 Å². The first-order valence-electron chi connectivity index (χ1n) is 9.06. The molecular formula is C23H29ClFN. The molecule has 0 saturated carbocycles. The maximum atomic E-state index is 12.2. The number of hydrogen-bond donors (Lipinski definition) is 0. The van der Waals surface area contributed by atoms with Gasteiger partial charge < -0.3 is 0 Å². The third kappa shape index (κ3) is 6.76. The fraction of sp³-hybridized carbons (Fsp3) is 0.348. The number of benzene rings is 1. The maximum Gasteiger partial charge on any atom is 0.123 e. The van der Waals surface area contributed by atoms with Crippen molar-refractivity contribution in [2.75, 3.05) is 5.88 Å². The molecule has 26 heavy (non-hydrogen) atoms. The summed E-state index contributed by atoms with van der Waals surface area (Å²) in [5, 5.41) is 0. The zero-order valence-corrected chi connectivity index (χ0v) is 17.2. The van der Waals surface area contributed by atoms with E-state index in [2.05, 4.69) is 44.0 Å². The van der Waals surface area contributed by atoms with Crippen LogP contribution in [-0.2, 0) is 6.42 Å². The van der Waals surface area contributed by atoms with Crippen molar-refractivity contribution in [3.05, 3.63) is 76.9 Å². The summed E-state index contributed by atoms with van der Waals surface area (Å²) in [6, 6.07) is 8.71. The third-order valence-corrected chi connectivity index (χ3v) is 4.47. The summed E-state index contributed by atoms with van der Waals surface area (Å²) in [6.07, 6.45) is 8.19. The summed E-state index contributed by atoms with van der Waals surface area (Å²) >= 11 is 5.96. The molecule has 0 saturated heterocycles. The zero-order chi connectivity index (χ0) is 19.5. The van der Waals surface area contributed by atoms with Crippen LogP contribution in [0, 0.1) is 12.7 Å². The molecule has 1 heterocycles. The van der Waals surface area contributed by atoms with Crippen molar-refractivity contribution in [2.45, 2.75) is 47.5 Å². The van der Waals surface area contributed by atoms with Gasteiger partial charge in [-0.2, -0.15) is 0 Å². The van der Waals surface area contributed by atoms with E-state index >= 15 is 0 Å². The van der Waals surface area contributed by atoms with Crippen LogP contribution in [0.2, 0.25) is 0 Å². The van der Waals surface area contributed by atoms with Crippen LogP contribution >= 0.6 is 11.6 Å². The summed E-state index contributed by atoms with van der Waals surface area (Å²) in [5.74, 6) is 0.379. The Morgan fingerprint density at radius 3 is 2.35 bits per heavy atom. The smallest absolute Gasteiger partial charge is 0.123 e. The Hall–Kier alpha value is -1.93. The first kappa shape index (κ1) is 22.1. The predicted molar refractivity (Wildman–Crippen MR) is 113 cm³/mol. The van der Waals surface area contributed by atoms with Crippen LogP contribution in [0.1, 0.15) is 56.5 Å². The molecule has 0 radical (unpaired) electrons. The van der Waals surface area contributed by atoms with E-state index in [0.717, 1.165) is 24.1 Å². The van der Waals surface area contributed by atoms with Gasteiger partial charge in [0.15, 0.2) is 0 Å². The Labute approximate surface area is 162 Å². The van der Waals surface area contributed by atoms with Crippen molar-refractivity contribution in [1.82, 2.24) is 4.98 Å². The van der Waals surface area contributed by atoms with E-state index in [-0.39, 0.29) is 5.82 Å². The number of rotatable bonds is 5. The summed E-state index contributed by atoms with van der Waals surface area (Å²) in [6.45, 7) is 10.4. The Morgan fingerprint density at radius 1 is 1.19 bits per heavy atom. The van der Waals surface area contributed by atoms with Crippen molar-refractivity contribution in [3.63, 3.8) is 0 Å². The Morgan fingerprint density at radius 2 is 1.85 bits per heavy atom. The van der Waals surface area contributed by atoms with E-state index in [0.29, 0.717) is 5.88 Å². The van der Waals surface area contributed by atoms with Crippen LogP contribution in [-0.4, -0.2) is 10.9 Å². The number of alkyl halides is 1. The van der Waals surface area contributed by atoms with E-state index in [9.17, 15) is 4.39 Å². The second kappa shape index (κ2) is 11.6. The van der Waals surface area contributed by atoms with Gasteiger partial charge in [-0.25, -0.2) is 4.39 Å². The van der Waals surface area contributed by atoms with Crippen LogP contribution in [0.5, 0.6) is 0 Å². The number of nitrogens with zero attached hydrogens (tertiary/aromatic N) is 1. The molecule has 0 atom stereocenters. The largest absolute Gasteiger partial charge is 0.256 e. The van der Waals surface area contributed by atoms with Crippen LogP contribution in [0.25, 0.3) is 11.1 Å². The van der Waals surface area contributed by atoms with E-state index in [4.69, 9.17) is 11.6 Å². The van der Waals surface area contributed by atoms with E-state index in [1.54, 1.807) is 12.1 Å². The molecule has 2 rings (SSSR count). The van der Waals surface area contributed by atoms with Crippen LogP contribution < -0.4 is 0 Å². The normalized spacial score (nSPS) is 11.8. The SMILES string of the molecule is C/C=C(/CCl)c1cc(C(C)=CCC)ncc1C.CCc1ccc(F)cc1. The number of allylic oxidation sites excluding steroid dienone is 4. The van der Waals surface area contributed by atoms with E-state index in [1.165, 1.54) is 34.4 Å². The minimum Gasteiger partial charge on any atom is -0.256 e. The molecule has 0 amide bonds. The molecule has 0 aliphatic carbocycles. The molecule has 0 unspecified atom stereocenters. The molecular weight excluding hydrogens is 345 g/mol. The van der Waals surface area contributed by atoms with Gasteiger partial charge in [0, 0.05) is 12.1 Å². The lowest BCUT2D eigenvalue weighted by Gasteiger charge is -2.10. The highest BCUT2D eigenvalue weighted by molar-refractivity contribution is 6.23. The number of aryl methyl sites for hydroxylation is 2. The Balaban J connectivity index is 0.000000314. The number of hydrogen-bond acceptors (Lipinski definition) is 1. The monoisotopic (exact) mass is 373 g/mol. The second-order valence-electron chi connectivity index (χ2n) is 6.11. The van der Waals surface area contributed by atoms with Crippen molar-refractivity contribution in [3.8, 4) is 0 Å². The van der Waals surface area contributed by atoms with Crippen molar-refractivity contribution in [1.29, 1.82) is 0 Å². The average Bonchev–Trinajstić information content (AvgIpc) is 2.65. The molecule has 1 nitrogen and oxygen atoms in total. The number of aromatic nitrogens is 1. The molecule has 1 aromatic carbocycles. The quantitative estimate of drug-likeness (QED) is 0.503. The highest BCUT2D eigenvalue weighted by Crippen LogP contribution is 2.23. The Bertz CT molecular complexity index is 745. The summed E-state index contributed by atoms with van der Waals surface area (Å²) in [5.41, 5.74) is 6.98. The summed E-state index contributed by atoms with van der Waals surface area (Å²) in [7, 11) is 0. The minimum atomic E-state index is -0.160. The molecule has 0 aliphatic heterocycles. The molecule has 0 bridgehead atoms. The molecule has 3 heteroatoms. The molecule has 1 aromatic heterocycles. The molecule has 0 N–H and O–H groups in total. The van der Waals surface area contributed by atoms with Gasteiger partial charge in [-0.1, -0.05) is 38.1 Å². The zero-order valence-electron chi connectivity index (χ0n) is 16.4. The van der Waals surface area contributed by atoms with Crippen molar-refractivity contribution < 1.29 is 4.39 Å². The lowest BCUT2D eigenvalue weighted by Crippen LogP contribution is -1.95. The second-order valence-corrected chi connectivity index (χ2v) is 6.37. The van der Waals surface area contributed by atoms with Crippen molar-refractivity contribution in [2.24, 2.45) is 0 Å². The number of halogens is 2. The average molecular weight is 374 g/mol. The minimum absolute atomic E-state index is 0.160. The fourth-order valence-corrected chi connectivity index (χ4v) is 2.82. The molecule has 0 aliphatic rings. The van der Waals surface area contributed by atoms with E-state index < -0.39 is 0 Å². The first-order valence-corrected chi connectivity index (χ1v) is 9.59. The van der Waals surface area contributed by atoms with Gasteiger partial charge in [0.2, 0.25) is 0 Å². The first-order chi connectivity index (χ1) is 12.5. The van der Waals surface area contributed by atoms with Crippen LogP contribution in [0.3, 0.4) is 0 Å². The van der Waals surface area contributed by atoms with Gasteiger partial charge in [-0.15, -0.1) is 11.6 Å². The fourth-order valence-electron chi connectivity index (χ4n) is 2.52. The van der Waals surface area contributed by atoms with Crippen molar-refractivity contribution >= 4 is 22.7 Å². The third-order valence-electron chi connectivity index (χ3n) is 4.18. The summed E-state index contributed by atoms with van der Waals surface area (Å²) < 4.78 is 12.2. The van der Waals surface area contributed by atoms with Gasteiger partial charge in [-0.3, -0.25) is 4.98 Å². The molecule has 140 valence electrons. The molecule has 0 spiro atoms. The van der Waals surface area contributed by atoms with Gasteiger partial charge >= 0.3 is 0 Å². The standard InChI is InChI=1S/C15H20ClN.C8H9F/c1-5-7-11(3)15-8-14(12(4)10-17-15)13(6-2)9-16;1-2-7-3-5-8(9)6-4-7/h6-8,10H,5,9H2,1-4H3;3-6H,2H2,1H3/b11-7?,13-6-;.